The average molecular weight is 495 g/mol. The number of aromatic nitrogens is 3. The molecule has 0 bridgehead atoms. The van der Waals surface area contributed by atoms with Crippen molar-refractivity contribution in [3.8, 4) is 5.69 Å². The number of nitrogens with one attached hydrogen (secondary N) is 1. The summed E-state index contributed by atoms with van der Waals surface area (Å²) in [4.78, 5) is 12.5. The Morgan fingerprint density at radius 2 is 1.97 bits per heavy atom. The molecule has 3 aromatic rings. The zero-order valence-electron chi connectivity index (χ0n) is 17.8. The Morgan fingerprint density at radius 1 is 1.21 bits per heavy atom. The molecule has 1 aliphatic rings. The fourth-order valence-corrected chi connectivity index (χ4v) is 4.65. The maximum atomic E-state index is 13.1. The Kier molecular flexibility index (Phi) is 6.99. The largest absolute Gasteiger partial charge is 0.416 e. The van der Waals surface area contributed by atoms with Gasteiger partial charge in [-0.2, -0.15) is 13.2 Å². The molecule has 1 saturated carbocycles. The van der Waals surface area contributed by atoms with Gasteiger partial charge in [-0.1, -0.05) is 54.0 Å². The van der Waals surface area contributed by atoms with Gasteiger partial charge in [0.1, 0.15) is 0 Å². The number of rotatable bonds is 7. The predicted octanol–water partition coefficient (Wildman–Crippen LogP) is 6.21. The van der Waals surface area contributed by atoms with E-state index < -0.39 is 17.8 Å². The number of amides is 1. The van der Waals surface area contributed by atoms with E-state index in [0.29, 0.717) is 27.3 Å². The van der Waals surface area contributed by atoms with Gasteiger partial charge >= 0.3 is 6.18 Å². The second-order valence-corrected chi connectivity index (χ2v) is 9.38. The van der Waals surface area contributed by atoms with Crippen LogP contribution in [-0.4, -0.2) is 20.7 Å². The summed E-state index contributed by atoms with van der Waals surface area (Å²) in [5.41, 5.74) is 0.534. The second kappa shape index (κ2) is 9.77. The molecule has 1 heterocycles. The molecule has 0 spiro atoms. The lowest BCUT2D eigenvalue weighted by Crippen LogP contribution is -2.36. The van der Waals surface area contributed by atoms with Gasteiger partial charge in [0.2, 0.25) is 5.91 Å². The highest BCUT2D eigenvalue weighted by Crippen LogP contribution is 2.33. The van der Waals surface area contributed by atoms with Crippen molar-refractivity contribution >= 4 is 29.3 Å². The Morgan fingerprint density at radius 3 is 2.64 bits per heavy atom. The first-order valence-corrected chi connectivity index (χ1v) is 11.9. The molecule has 1 atom stereocenters. The maximum absolute atomic E-state index is 13.1. The van der Waals surface area contributed by atoms with Crippen molar-refractivity contribution in [3.63, 3.8) is 0 Å². The topological polar surface area (TPSA) is 59.8 Å². The highest BCUT2D eigenvalue weighted by molar-refractivity contribution is 7.98. The monoisotopic (exact) mass is 494 g/mol. The first kappa shape index (κ1) is 23.6. The zero-order chi connectivity index (χ0) is 23.6. The first-order valence-electron chi connectivity index (χ1n) is 10.5. The number of carbonyl (C=O) groups is 1. The lowest BCUT2D eigenvalue weighted by Gasteiger charge is -2.26. The summed E-state index contributed by atoms with van der Waals surface area (Å²) in [7, 11) is 0. The minimum Gasteiger partial charge on any atom is -0.346 e. The van der Waals surface area contributed by atoms with Crippen molar-refractivity contribution in [1.82, 2.24) is 20.1 Å². The average Bonchev–Trinajstić information content (AvgIpc) is 3.14. The molecule has 0 saturated heterocycles. The molecule has 5 nitrogen and oxygen atoms in total. The number of nitrogens with zero attached hydrogens (tertiary/aromatic N) is 3. The van der Waals surface area contributed by atoms with Crippen LogP contribution in [-0.2, 0) is 16.7 Å². The molecule has 1 N–H and O–H groups in total. The van der Waals surface area contributed by atoms with Crippen LogP contribution in [0.25, 0.3) is 5.69 Å². The van der Waals surface area contributed by atoms with Crippen molar-refractivity contribution in [3.05, 3.63) is 70.5 Å². The Labute approximate surface area is 198 Å². The lowest BCUT2D eigenvalue weighted by molar-refractivity contribution is -0.137. The van der Waals surface area contributed by atoms with Crippen LogP contribution in [0.15, 0.2) is 53.7 Å². The summed E-state index contributed by atoms with van der Waals surface area (Å²) in [5.74, 6) is 0.819. The minimum atomic E-state index is -4.40. The molecule has 10 heteroatoms. The molecule has 0 aliphatic heterocycles. The molecule has 1 fully saturated rings. The summed E-state index contributed by atoms with van der Waals surface area (Å²) in [6, 6.07) is 11.9. The summed E-state index contributed by atoms with van der Waals surface area (Å²) in [6.45, 7) is 1.84. The van der Waals surface area contributed by atoms with E-state index in [1.165, 1.54) is 17.8 Å². The normalized spacial score (nSPS) is 15.2. The minimum absolute atomic E-state index is 0.00689. The number of halogens is 4. The maximum Gasteiger partial charge on any atom is 0.416 e. The quantitative estimate of drug-likeness (QED) is 0.397. The van der Waals surface area contributed by atoms with Gasteiger partial charge in [0.05, 0.1) is 17.3 Å². The molecule has 0 unspecified atom stereocenters. The van der Waals surface area contributed by atoms with Crippen LogP contribution in [0.2, 0.25) is 5.02 Å². The lowest BCUT2D eigenvalue weighted by atomic mass is 9.84. The number of carbonyl (C=O) groups excluding carboxylic acids is 1. The summed E-state index contributed by atoms with van der Waals surface area (Å²) < 4.78 is 41.0. The van der Waals surface area contributed by atoms with E-state index in [1.807, 2.05) is 13.0 Å². The van der Waals surface area contributed by atoms with Gasteiger partial charge in [-0.15, -0.1) is 10.2 Å². The van der Waals surface area contributed by atoms with E-state index in [-0.39, 0.29) is 17.6 Å². The molecule has 1 aromatic heterocycles. The number of alkyl halides is 3. The third kappa shape index (κ3) is 5.52. The van der Waals surface area contributed by atoms with Crippen LogP contribution in [0.1, 0.15) is 49.2 Å². The van der Waals surface area contributed by atoms with Crippen LogP contribution in [0, 0.1) is 5.92 Å². The van der Waals surface area contributed by atoms with Gasteiger partial charge in [-0.3, -0.25) is 9.36 Å². The number of thioether (sulfide) groups is 1. The van der Waals surface area contributed by atoms with Gasteiger partial charge in [0, 0.05) is 16.7 Å². The summed E-state index contributed by atoms with van der Waals surface area (Å²) >= 11 is 7.46. The summed E-state index contributed by atoms with van der Waals surface area (Å²) in [5, 5.41) is 12.6. The van der Waals surface area contributed by atoms with Crippen molar-refractivity contribution in [1.29, 1.82) is 0 Å². The van der Waals surface area contributed by atoms with Crippen molar-refractivity contribution in [2.45, 2.75) is 49.3 Å². The fraction of sp³-hybridized carbons (Fsp3) is 0.348. The molecular formula is C23H22ClF3N4OS. The third-order valence-corrected chi connectivity index (χ3v) is 6.80. The predicted molar refractivity (Wildman–Crippen MR) is 121 cm³/mol. The van der Waals surface area contributed by atoms with E-state index in [2.05, 4.69) is 15.5 Å². The highest BCUT2D eigenvalue weighted by atomic mass is 35.5. The molecular weight excluding hydrogens is 473 g/mol. The Hall–Kier alpha value is -2.52. The SMILES string of the molecule is C[C@H](NC(=O)C1CCC1)c1nnc(SCc2cccc(C(F)(F)F)c2)n1-c1cccc(Cl)c1. The molecule has 33 heavy (non-hydrogen) atoms. The number of benzene rings is 2. The van der Waals surface area contributed by atoms with Crippen LogP contribution in [0.3, 0.4) is 0 Å². The Bertz CT molecular complexity index is 1150. The molecule has 1 aliphatic carbocycles. The molecule has 4 rings (SSSR count). The van der Waals surface area contributed by atoms with Crippen LogP contribution < -0.4 is 5.32 Å². The molecule has 174 valence electrons. The van der Waals surface area contributed by atoms with Crippen LogP contribution in [0.4, 0.5) is 13.2 Å². The van der Waals surface area contributed by atoms with E-state index in [4.69, 9.17) is 11.6 Å². The smallest absolute Gasteiger partial charge is 0.346 e. The van der Waals surface area contributed by atoms with Gasteiger partial charge in [-0.05, 0) is 49.6 Å². The van der Waals surface area contributed by atoms with Crippen molar-refractivity contribution < 1.29 is 18.0 Å². The van der Waals surface area contributed by atoms with Crippen LogP contribution >= 0.6 is 23.4 Å². The Balaban J connectivity index is 1.60. The summed E-state index contributed by atoms with van der Waals surface area (Å²) in [6.07, 6.45) is -1.57. The van der Waals surface area contributed by atoms with E-state index in [0.717, 1.165) is 31.4 Å². The van der Waals surface area contributed by atoms with Gasteiger partial charge < -0.3 is 5.32 Å². The van der Waals surface area contributed by atoms with E-state index >= 15 is 0 Å². The highest BCUT2D eigenvalue weighted by Gasteiger charge is 2.31. The van der Waals surface area contributed by atoms with Gasteiger partial charge in [0.15, 0.2) is 11.0 Å². The van der Waals surface area contributed by atoms with Crippen molar-refractivity contribution in [2.24, 2.45) is 5.92 Å². The van der Waals surface area contributed by atoms with E-state index in [9.17, 15) is 18.0 Å². The third-order valence-electron chi connectivity index (χ3n) is 5.57. The fourth-order valence-electron chi connectivity index (χ4n) is 3.56. The molecule has 0 radical (unpaired) electrons. The van der Waals surface area contributed by atoms with Gasteiger partial charge in [0.25, 0.3) is 0 Å². The number of hydrogen-bond donors (Lipinski definition) is 1. The second-order valence-electron chi connectivity index (χ2n) is 8.00. The van der Waals surface area contributed by atoms with E-state index in [1.54, 1.807) is 28.8 Å². The zero-order valence-corrected chi connectivity index (χ0v) is 19.3. The first-order chi connectivity index (χ1) is 15.7. The number of hydrogen-bond acceptors (Lipinski definition) is 4. The van der Waals surface area contributed by atoms with Crippen molar-refractivity contribution in [2.75, 3.05) is 0 Å². The molecule has 2 aromatic carbocycles. The van der Waals surface area contributed by atoms with Crippen LogP contribution in [0.5, 0.6) is 0 Å². The van der Waals surface area contributed by atoms with Gasteiger partial charge in [-0.25, -0.2) is 0 Å². The molecule has 1 amide bonds. The standard InChI is InChI=1S/C23H22ClF3N4OS/c1-14(28-21(32)16-6-3-7-16)20-29-30-22(31(20)19-10-4-9-18(24)12-19)33-13-15-5-2-8-17(11-15)23(25,26)27/h2,4-5,8-12,14,16H,3,6-7,13H2,1H3,(H,28,32)/t14-/m0/s1.